The van der Waals surface area contributed by atoms with E-state index < -0.39 is 0 Å². The fourth-order valence-electron chi connectivity index (χ4n) is 5.93. The third-order valence-electron chi connectivity index (χ3n) is 8.68. The number of fused-ring (bicyclic) bond motifs is 1. The number of pyridine rings is 2. The second-order valence-electron chi connectivity index (χ2n) is 15.3. The third-order valence-corrected chi connectivity index (χ3v) is 8.68. The van der Waals surface area contributed by atoms with Gasteiger partial charge in [0.1, 0.15) is 17.1 Å². The highest BCUT2D eigenvalue weighted by Gasteiger charge is 2.29. The molecule has 5 heteroatoms. The Bertz CT molecular complexity index is 2040. The molecule has 0 saturated heterocycles. The fraction of sp³-hybridized carbons (Fsp3) is 0.293. The topological polar surface area (TPSA) is 63.8 Å². The summed E-state index contributed by atoms with van der Waals surface area (Å²) >= 11 is 0. The van der Waals surface area contributed by atoms with Crippen molar-refractivity contribution >= 4 is 11.0 Å². The van der Waals surface area contributed by atoms with Crippen molar-refractivity contribution in [1.82, 2.24) is 19.5 Å². The van der Waals surface area contributed by atoms with Gasteiger partial charge in [-0.15, -0.1) is 0 Å². The summed E-state index contributed by atoms with van der Waals surface area (Å²) in [6.07, 6.45) is 5.62. The maximum absolute atomic E-state index is 12.0. The highest BCUT2D eigenvalue weighted by molar-refractivity contribution is 5.96. The molecule has 6 aromatic rings. The summed E-state index contributed by atoms with van der Waals surface area (Å²) in [6.45, 7) is 19.7. The molecule has 0 aliphatic carbocycles. The van der Waals surface area contributed by atoms with Crippen molar-refractivity contribution in [2.75, 3.05) is 0 Å². The van der Waals surface area contributed by atoms with Crippen molar-refractivity contribution in [3.8, 4) is 45.2 Å². The van der Waals surface area contributed by atoms with Gasteiger partial charge >= 0.3 is 0 Å². The van der Waals surface area contributed by atoms with Gasteiger partial charge in [0.2, 0.25) is 0 Å². The molecule has 5 nitrogen and oxygen atoms in total. The maximum atomic E-state index is 12.0. The van der Waals surface area contributed by atoms with E-state index in [2.05, 4.69) is 114 Å². The molecule has 0 amide bonds. The number of aromatic hydroxyl groups is 1. The highest BCUT2D eigenvalue weighted by Crippen LogP contribution is 2.44. The lowest BCUT2D eigenvalue weighted by atomic mass is 9.79. The predicted octanol–water partition coefficient (Wildman–Crippen LogP) is 10.4. The first-order valence-electron chi connectivity index (χ1n) is 16.0. The van der Waals surface area contributed by atoms with Gasteiger partial charge in [0.05, 0.1) is 23.0 Å². The standard InChI is InChI=1S/C41H44N4O/c1-39(2,3)28-20-26(19-27(21-28)34-17-13-14-18-43-34)32-24-42-25-35-36(32)44-38(45(35)30-15-11-10-12-16-30)31-22-29(40(4,5)6)23-33(37(31)46)41(7,8)9/h10-25,46H,1-9H3. The second-order valence-corrected chi connectivity index (χ2v) is 15.3. The van der Waals surface area contributed by atoms with Gasteiger partial charge in [-0.05, 0) is 75.4 Å². The number of nitrogens with zero attached hydrogens (tertiary/aromatic N) is 4. The molecule has 6 rings (SSSR count). The number of phenols is 1. The van der Waals surface area contributed by atoms with Crippen LogP contribution in [0.25, 0.3) is 50.5 Å². The van der Waals surface area contributed by atoms with E-state index in [0.717, 1.165) is 50.2 Å². The molecule has 3 heterocycles. The molecule has 3 aromatic carbocycles. The van der Waals surface area contributed by atoms with Gasteiger partial charge in [0.15, 0.2) is 0 Å². The van der Waals surface area contributed by atoms with E-state index in [4.69, 9.17) is 9.97 Å². The van der Waals surface area contributed by atoms with Gasteiger partial charge in [-0.3, -0.25) is 14.5 Å². The Labute approximate surface area is 273 Å². The van der Waals surface area contributed by atoms with E-state index in [1.165, 1.54) is 5.56 Å². The van der Waals surface area contributed by atoms with Gasteiger partial charge < -0.3 is 5.11 Å². The van der Waals surface area contributed by atoms with Crippen molar-refractivity contribution in [1.29, 1.82) is 0 Å². The SMILES string of the molecule is CC(C)(C)c1cc(-c2ccccn2)cc(-c2cncc3c2nc(-c2cc(C(C)(C)C)cc(C(C)(C)C)c2O)n3-c2ccccc2)c1. The van der Waals surface area contributed by atoms with Gasteiger partial charge in [-0.1, -0.05) is 98.7 Å². The van der Waals surface area contributed by atoms with E-state index >= 15 is 0 Å². The monoisotopic (exact) mass is 608 g/mol. The van der Waals surface area contributed by atoms with Crippen LogP contribution in [0.2, 0.25) is 0 Å². The lowest BCUT2D eigenvalue weighted by Crippen LogP contribution is -2.17. The lowest BCUT2D eigenvalue weighted by Gasteiger charge is -2.27. The minimum atomic E-state index is -0.272. The van der Waals surface area contributed by atoms with Crippen molar-refractivity contribution in [2.24, 2.45) is 0 Å². The van der Waals surface area contributed by atoms with Crippen LogP contribution >= 0.6 is 0 Å². The normalized spacial score (nSPS) is 12.5. The Morgan fingerprint density at radius 2 is 1.28 bits per heavy atom. The number of para-hydroxylation sites is 1. The zero-order valence-corrected chi connectivity index (χ0v) is 28.5. The van der Waals surface area contributed by atoms with Crippen LogP contribution in [0.4, 0.5) is 0 Å². The van der Waals surface area contributed by atoms with Crippen LogP contribution in [0, 0.1) is 0 Å². The van der Waals surface area contributed by atoms with Crippen molar-refractivity contribution in [3.63, 3.8) is 0 Å². The smallest absolute Gasteiger partial charge is 0.149 e. The van der Waals surface area contributed by atoms with Crippen LogP contribution in [0.15, 0.2) is 97.5 Å². The summed E-state index contributed by atoms with van der Waals surface area (Å²) in [7, 11) is 0. The van der Waals surface area contributed by atoms with Crippen LogP contribution in [-0.2, 0) is 16.2 Å². The molecule has 0 aliphatic heterocycles. The minimum Gasteiger partial charge on any atom is -0.507 e. The molecule has 234 valence electrons. The Balaban J connectivity index is 1.70. The molecular weight excluding hydrogens is 564 g/mol. The molecule has 0 fully saturated rings. The molecule has 3 aromatic heterocycles. The molecule has 0 atom stereocenters. The van der Waals surface area contributed by atoms with Crippen molar-refractivity contribution in [3.05, 3.63) is 114 Å². The van der Waals surface area contributed by atoms with E-state index in [9.17, 15) is 5.11 Å². The summed E-state index contributed by atoms with van der Waals surface area (Å²) < 4.78 is 2.13. The first-order chi connectivity index (χ1) is 21.6. The molecule has 0 aliphatic rings. The van der Waals surface area contributed by atoms with E-state index in [0.29, 0.717) is 11.4 Å². The minimum absolute atomic E-state index is 0.0854. The number of phenolic OH excluding ortho intramolecular Hbond substituents is 1. The first kappa shape index (κ1) is 31.2. The zero-order valence-electron chi connectivity index (χ0n) is 28.5. The Morgan fingerprint density at radius 1 is 0.630 bits per heavy atom. The summed E-state index contributed by atoms with van der Waals surface area (Å²) in [4.78, 5) is 14.8. The number of rotatable bonds is 4. The summed E-state index contributed by atoms with van der Waals surface area (Å²) in [5.74, 6) is 0.941. The highest BCUT2D eigenvalue weighted by atomic mass is 16.3. The summed E-state index contributed by atoms with van der Waals surface area (Å²) in [5.41, 5.74) is 10.0. The van der Waals surface area contributed by atoms with E-state index in [-0.39, 0.29) is 22.0 Å². The van der Waals surface area contributed by atoms with E-state index in [1.807, 2.05) is 55.0 Å². The number of hydrogen-bond donors (Lipinski definition) is 1. The van der Waals surface area contributed by atoms with Crippen LogP contribution in [0.1, 0.15) is 79.0 Å². The maximum Gasteiger partial charge on any atom is 0.149 e. The second kappa shape index (κ2) is 11.2. The van der Waals surface area contributed by atoms with Crippen molar-refractivity contribution < 1.29 is 5.11 Å². The number of hydrogen-bond acceptors (Lipinski definition) is 4. The lowest BCUT2D eigenvalue weighted by molar-refractivity contribution is 0.446. The van der Waals surface area contributed by atoms with Gasteiger partial charge in [0, 0.05) is 34.8 Å². The van der Waals surface area contributed by atoms with Gasteiger partial charge in [-0.25, -0.2) is 4.98 Å². The average Bonchev–Trinajstić information content (AvgIpc) is 3.40. The van der Waals surface area contributed by atoms with E-state index in [1.54, 1.807) is 0 Å². The average molecular weight is 609 g/mol. The molecule has 0 saturated carbocycles. The molecule has 46 heavy (non-hydrogen) atoms. The number of benzene rings is 3. The third kappa shape index (κ3) is 5.82. The number of aromatic nitrogens is 4. The largest absolute Gasteiger partial charge is 0.507 e. The van der Waals surface area contributed by atoms with Crippen LogP contribution in [0.3, 0.4) is 0 Å². The molecular formula is C41H44N4O. The Kier molecular flexibility index (Phi) is 7.63. The fourth-order valence-corrected chi connectivity index (χ4v) is 5.93. The predicted molar refractivity (Wildman–Crippen MR) is 191 cm³/mol. The van der Waals surface area contributed by atoms with Crippen LogP contribution in [-0.4, -0.2) is 24.6 Å². The zero-order chi connectivity index (χ0) is 33.0. The summed E-state index contributed by atoms with van der Waals surface area (Å²) in [5, 5.41) is 12.0. The quantitative estimate of drug-likeness (QED) is 0.216. The summed E-state index contributed by atoms with van der Waals surface area (Å²) in [6, 6.07) is 27.2. The van der Waals surface area contributed by atoms with Gasteiger partial charge in [-0.2, -0.15) is 0 Å². The van der Waals surface area contributed by atoms with Crippen LogP contribution in [0.5, 0.6) is 5.75 Å². The van der Waals surface area contributed by atoms with Crippen LogP contribution < -0.4 is 0 Å². The molecule has 1 N–H and O–H groups in total. The van der Waals surface area contributed by atoms with Gasteiger partial charge in [0.25, 0.3) is 0 Å². The Morgan fingerprint density at radius 3 is 1.91 bits per heavy atom. The molecule has 0 spiro atoms. The number of imidazole rings is 1. The molecule has 0 bridgehead atoms. The first-order valence-corrected chi connectivity index (χ1v) is 16.0. The molecule has 0 unspecified atom stereocenters. The van der Waals surface area contributed by atoms with Crippen molar-refractivity contribution in [2.45, 2.75) is 78.6 Å². The molecule has 0 radical (unpaired) electrons. The Hall–Kier alpha value is -4.77.